The van der Waals surface area contributed by atoms with Crippen molar-refractivity contribution in [2.24, 2.45) is 5.73 Å². The van der Waals surface area contributed by atoms with Crippen molar-refractivity contribution in [2.75, 3.05) is 0 Å². The Labute approximate surface area is 89.2 Å². The summed E-state index contributed by atoms with van der Waals surface area (Å²) in [6.07, 6.45) is -2.04. The van der Waals surface area contributed by atoms with E-state index in [9.17, 15) is 18.0 Å². The molecule has 0 spiro atoms. The normalized spacial score (nSPS) is 15.6. The van der Waals surface area contributed by atoms with Gasteiger partial charge in [-0.2, -0.15) is 13.2 Å². The minimum Gasteiger partial charge on any atom is -0.349 e. The highest BCUT2D eigenvalue weighted by molar-refractivity contribution is 5.86. The fraction of sp³-hybridized carbons (Fsp3) is 0.500. The van der Waals surface area contributed by atoms with Crippen molar-refractivity contribution in [3.05, 3.63) is 18.2 Å². The number of carbonyl (C=O) groups excluding carboxylic acids is 1. The number of imidazole rings is 1. The summed E-state index contributed by atoms with van der Waals surface area (Å²) in [4.78, 5) is 17.5. The van der Waals surface area contributed by atoms with Crippen LogP contribution in [0.5, 0.6) is 0 Å². The summed E-state index contributed by atoms with van der Waals surface area (Å²) >= 11 is 0. The Morgan fingerprint density at radius 1 is 1.62 bits per heavy atom. The molecule has 0 aliphatic heterocycles. The molecule has 1 aromatic heterocycles. The zero-order valence-corrected chi connectivity index (χ0v) is 8.43. The second-order valence-corrected chi connectivity index (χ2v) is 3.46. The Morgan fingerprint density at radius 2 is 2.25 bits per heavy atom. The molecule has 0 saturated carbocycles. The second-order valence-electron chi connectivity index (χ2n) is 3.46. The number of nitrogens with two attached hydrogens (primary N) is 1. The van der Waals surface area contributed by atoms with Crippen LogP contribution in [0.25, 0.3) is 0 Å². The summed E-state index contributed by atoms with van der Waals surface area (Å²) in [5.41, 5.74) is 2.51. The molecule has 1 atom stereocenters. The van der Waals surface area contributed by atoms with E-state index >= 15 is 0 Å². The van der Waals surface area contributed by atoms with E-state index in [0.29, 0.717) is 12.6 Å². The molecule has 0 aliphatic rings. The predicted molar refractivity (Wildman–Crippen MR) is 49.1 cm³/mol. The standard InChI is InChI=1S/C8H11F3N4O/c1-7(12,8(9,10)11)6(16)14-3-5-2-13-4-15-5/h2,4H,3,12H2,1H3,(H,13,15)(H,14,16). The fourth-order valence-corrected chi connectivity index (χ4v) is 0.869. The van der Waals surface area contributed by atoms with E-state index < -0.39 is 17.6 Å². The van der Waals surface area contributed by atoms with Gasteiger partial charge in [0.15, 0.2) is 5.54 Å². The average molecular weight is 236 g/mol. The first-order chi connectivity index (χ1) is 7.25. The number of carbonyl (C=O) groups is 1. The highest BCUT2D eigenvalue weighted by Crippen LogP contribution is 2.27. The topological polar surface area (TPSA) is 83.8 Å². The summed E-state index contributed by atoms with van der Waals surface area (Å²) in [7, 11) is 0. The Morgan fingerprint density at radius 3 is 2.69 bits per heavy atom. The van der Waals surface area contributed by atoms with Gasteiger partial charge in [0.2, 0.25) is 5.91 Å². The largest absolute Gasteiger partial charge is 0.415 e. The first-order valence-corrected chi connectivity index (χ1v) is 4.36. The molecule has 0 radical (unpaired) electrons. The zero-order valence-electron chi connectivity index (χ0n) is 8.43. The summed E-state index contributed by atoms with van der Waals surface area (Å²) in [5, 5.41) is 2.08. The molecule has 0 aliphatic carbocycles. The van der Waals surface area contributed by atoms with Gasteiger partial charge in [-0.1, -0.05) is 0 Å². The number of halogens is 3. The Bertz CT molecular complexity index is 358. The van der Waals surface area contributed by atoms with Crippen molar-refractivity contribution in [1.29, 1.82) is 0 Å². The van der Waals surface area contributed by atoms with Crippen molar-refractivity contribution in [2.45, 2.75) is 25.2 Å². The van der Waals surface area contributed by atoms with Crippen LogP contribution < -0.4 is 11.1 Å². The number of amides is 1. The molecule has 1 amide bonds. The predicted octanol–water partition coefficient (Wildman–Crippen LogP) is 0.306. The van der Waals surface area contributed by atoms with E-state index in [-0.39, 0.29) is 6.54 Å². The van der Waals surface area contributed by atoms with Gasteiger partial charge in [-0.05, 0) is 6.92 Å². The van der Waals surface area contributed by atoms with Crippen LogP contribution >= 0.6 is 0 Å². The molecule has 0 fully saturated rings. The first-order valence-electron chi connectivity index (χ1n) is 4.36. The molecule has 1 heterocycles. The molecular formula is C8H11F3N4O. The minimum atomic E-state index is -4.79. The van der Waals surface area contributed by atoms with Crippen LogP contribution in [-0.4, -0.2) is 27.6 Å². The lowest BCUT2D eigenvalue weighted by Crippen LogP contribution is -2.61. The number of hydrogen-bond donors (Lipinski definition) is 3. The number of hydrogen-bond acceptors (Lipinski definition) is 3. The summed E-state index contributed by atoms with van der Waals surface area (Å²) in [5.74, 6) is -1.28. The van der Waals surface area contributed by atoms with E-state index in [1.54, 1.807) is 0 Å². The molecule has 4 N–H and O–H groups in total. The number of nitrogens with one attached hydrogen (secondary N) is 2. The highest BCUT2D eigenvalue weighted by Gasteiger charge is 2.53. The van der Waals surface area contributed by atoms with E-state index in [0.717, 1.165) is 0 Å². The lowest BCUT2D eigenvalue weighted by Gasteiger charge is -2.25. The molecule has 0 aromatic carbocycles. The van der Waals surface area contributed by atoms with Crippen molar-refractivity contribution >= 4 is 5.91 Å². The van der Waals surface area contributed by atoms with Crippen LogP contribution in [0.4, 0.5) is 13.2 Å². The number of alkyl halides is 3. The lowest BCUT2D eigenvalue weighted by molar-refractivity contribution is -0.187. The smallest absolute Gasteiger partial charge is 0.349 e. The summed E-state index contributed by atoms with van der Waals surface area (Å²) < 4.78 is 37.0. The van der Waals surface area contributed by atoms with Crippen molar-refractivity contribution in [3.63, 3.8) is 0 Å². The van der Waals surface area contributed by atoms with E-state index in [2.05, 4.69) is 15.3 Å². The average Bonchev–Trinajstić information content (AvgIpc) is 2.64. The summed E-state index contributed by atoms with van der Waals surface area (Å²) in [6.45, 7) is 0.539. The van der Waals surface area contributed by atoms with Crippen LogP contribution in [0.1, 0.15) is 12.6 Å². The maximum absolute atomic E-state index is 12.3. The fourth-order valence-electron chi connectivity index (χ4n) is 0.869. The number of nitrogens with zero attached hydrogens (tertiary/aromatic N) is 1. The minimum absolute atomic E-state index is 0.0816. The second kappa shape index (κ2) is 4.12. The molecule has 8 heteroatoms. The third-order valence-electron chi connectivity index (χ3n) is 2.05. The number of H-pyrrole nitrogens is 1. The first kappa shape index (κ1) is 12.5. The van der Waals surface area contributed by atoms with E-state index in [1.165, 1.54) is 12.5 Å². The summed E-state index contributed by atoms with van der Waals surface area (Å²) in [6, 6.07) is 0. The van der Waals surface area contributed by atoms with Gasteiger partial charge in [0, 0.05) is 6.20 Å². The molecule has 90 valence electrons. The van der Waals surface area contributed by atoms with Crippen molar-refractivity contribution in [3.8, 4) is 0 Å². The SMILES string of the molecule is CC(N)(C(=O)NCc1cnc[nH]1)C(F)(F)F. The van der Waals surface area contributed by atoms with Gasteiger partial charge in [-0.15, -0.1) is 0 Å². The third-order valence-corrected chi connectivity index (χ3v) is 2.05. The molecule has 0 saturated heterocycles. The van der Waals surface area contributed by atoms with Gasteiger partial charge in [0.25, 0.3) is 0 Å². The molecule has 5 nitrogen and oxygen atoms in total. The van der Waals surface area contributed by atoms with Gasteiger partial charge in [-0.3, -0.25) is 4.79 Å². The van der Waals surface area contributed by atoms with E-state index in [1.807, 2.05) is 0 Å². The van der Waals surface area contributed by atoms with Gasteiger partial charge < -0.3 is 16.0 Å². The molecule has 1 unspecified atom stereocenters. The van der Waals surface area contributed by atoms with Gasteiger partial charge in [0.05, 0.1) is 18.6 Å². The highest BCUT2D eigenvalue weighted by atomic mass is 19.4. The monoisotopic (exact) mass is 236 g/mol. The Hall–Kier alpha value is -1.57. The third kappa shape index (κ3) is 2.51. The lowest BCUT2D eigenvalue weighted by atomic mass is 10.0. The molecular weight excluding hydrogens is 225 g/mol. The Balaban J connectivity index is 2.59. The number of aromatic nitrogens is 2. The maximum atomic E-state index is 12.3. The molecule has 0 bridgehead atoms. The quantitative estimate of drug-likeness (QED) is 0.706. The molecule has 1 rings (SSSR count). The van der Waals surface area contributed by atoms with Gasteiger partial charge in [-0.25, -0.2) is 4.98 Å². The van der Waals surface area contributed by atoms with E-state index in [4.69, 9.17) is 5.73 Å². The van der Waals surface area contributed by atoms with Crippen LogP contribution in [0.3, 0.4) is 0 Å². The van der Waals surface area contributed by atoms with Gasteiger partial charge >= 0.3 is 6.18 Å². The van der Waals surface area contributed by atoms with Crippen LogP contribution in [0, 0.1) is 0 Å². The molecule has 1 aromatic rings. The van der Waals surface area contributed by atoms with Crippen LogP contribution in [0.15, 0.2) is 12.5 Å². The number of rotatable bonds is 3. The number of aromatic amines is 1. The van der Waals surface area contributed by atoms with Crippen molar-refractivity contribution < 1.29 is 18.0 Å². The zero-order chi connectivity index (χ0) is 12.4. The molecule has 16 heavy (non-hydrogen) atoms. The Kier molecular flexibility index (Phi) is 3.22. The maximum Gasteiger partial charge on any atom is 0.415 e. The van der Waals surface area contributed by atoms with Crippen molar-refractivity contribution in [1.82, 2.24) is 15.3 Å². The van der Waals surface area contributed by atoms with Crippen LogP contribution in [-0.2, 0) is 11.3 Å². The van der Waals surface area contributed by atoms with Gasteiger partial charge in [0.1, 0.15) is 0 Å². The van der Waals surface area contributed by atoms with Crippen LogP contribution in [0.2, 0.25) is 0 Å².